The Morgan fingerprint density at radius 2 is 1.58 bits per heavy atom. The molecule has 0 aromatic heterocycles. The zero-order valence-electron chi connectivity index (χ0n) is 9.68. The topological polar surface area (TPSA) is 153 Å². The standard InChI is InChI=1S/C9H9NO4.H3O4P/c1-6(11)10-7-2-4-8(5-3-7)14-9(12)13;1-5(2,3)4/h2-5H,1H3,(H,10,11)(H,12,13);(H3,1,2,3,4). The lowest BCUT2D eigenvalue weighted by Crippen LogP contribution is -2.06. The van der Waals surface area contributed by atoms with Crippen LogP contribution in [0.3, 0.4) is 0 Å². The second kappa shape index (κ2) is 7.49. The highest BCUT2D eigenvalue weighted by Crippen LogP contribution is 2.25. The molecular weight excluding hydrogens is 281 g/mol. The van der Waals surface area contributed by atoms with Gasteiger partial charge >= 0.3 is 14.0 Å². The minimum atomic E-state index is -4.64. The number of rotatable bonds is 2. The Labute approximate surface area is 107 Å². The van der Waals surface area contributed by atoms with Crippen LogP contribution >= 0.6 is 7.82 Å². The molecule has 1 rings (SSSR count). The van der Waals surface area contributed by atoms with E-state index < -0.39 is 14.0 Å². The lowest BCUT2D eigenvalue weighted by molar-refractivity contribution is -0.114. The fourth-order valence-corrected chi connectivity index (χ4v) is 0.910. The number of ether oxygens (including phenoxy) is 1. The molecule has 0 saturated carbocycles. The van der Waals surface area contributed by atoms with Crippen LogP contribution in [0, 0.1) is 0 Å². The van der Waals surface area contributed by atoms with Crippen LogP contribution in [0.15, 0.2) is 24.3 Å². The number of anilines is 1. The zero-order chi connectivity index (χ0) is 15.1. The highest BCUT2D eigenvalue weighted by Gasteiger charge is 2.01. The predicted molar refractivity (Wildman–Crippen MR) is 63.7 cm³/mol. The zero-order valence-corrected chi connectivity index (χ0v) is 10.6. The van der Waals surface area contributed by atoms with Crippen LogP contribution in [-0.2, 0) is 9.36 Å². The van der Waals surface area contributed by atoms with Gasteiger partial charge in [0, 0.05) is 12.6 Å². The summed E-state index contributed by atoms with van der Waals surface area (Å²) >= 11 is 0. The smallest absolute Gasteiger partial charge is 0.449 e. The van der Waals surface area contributed by atoms with Gasteiger partial charge in [0.05, 0.1) is 0 Å². The van der Waals surface area contributed by atoms with E-state index in [0.717, 1.165) is 0 Å². The molecule has 0 aliphatic rings. The lowest BCUT2D eigenvalue weighted by atomic mass is 10.3. The van der Waals surface area contributed by atoms with Gasteiger partial charge in [-0.05, 0) is 24.3 Å². The number of carbonyl (C=O) groups is 2. The summed E-state index contributed by atoms with van der Waals surface area (Å²) < 4.78 is 13.3. The van der Waals surface area contributed by atoms with E-state index in [0.29, 0.717) is 5.69 Å². The van der Waals surface area contributed by atoms with E-state index in [9.17, 15) is 9.59 Å². The number of hydrogen-bond donors (Lipinski definition) is 5. The van der Waals surface area contributed by atoms with Crippen molar-refractivity contribution in [2.45, 2.75) is 6.92 Å². The van der Waals surface area contributed by atoms with Gasteiger partial charge < -0.3 is 29.8 Å². The molecule has 1 aromatic carbocycles. The molecule has 10 heteroatoms. The average Bonchev–Trinajstić information content (AvgIpc) is 2.16. The molecule has 0 aliphatic carbocycles. The molecule has 0 heterocycles. The number of hydrogen-bond acceptors (Lipinski definition) is 4. The summed E-state index contributed by atoms with van der Waals surface area (Å²) in [7, 11) is -4.64. The van der Waals surface area contributed by atoms with Gasteiger partial charge in [0.1, 0.15) is 5.75 Å². The molecule has 0 radical (unpaired) electrons. The molecule has 0 unspecified atom stereocenters. The highest BCUT2D eigenvalue weighted by atomic mass is 31.2. The molecule has 1 amide bonds. The van der Waals surface area contributed by atoms with Gasteiger partial charge in [-0.3, -0.25) is 4.79 Å². The Bertz CT molecular complexity index is 436. The molecular formula is C9H12NO8P. The summed E-state index contributed by atoms with van der Waals surface area (Å²) in [6.07, 6.45) is -1.36. The van der Waals surface area contributed by atoms with E-state index in [2.05, 4.69) is 10.1 Å². The first-order valence-corrected chi connectivity index (χ1v) is 6.21. The fourth-order valence-electron chi connectivity index (χ4n) is 0.910. The number of nitrogens with one attached hydrogen (secondary N) is 1. The molecule has 1 aromatic rings. The van der Waals surface area contributed by atoms with E-state index in [4.69, 9.17) is 24.4 Å². The monoisotopic (exact) mass is 293 g/mol. The van der Waals surface area contributed by atoms with E-state index >= 15 is 0 Å². The van der Waals surface area contributed by atoms with Gasteiger partial charge in [0.15, 0.2) is 0 Å². The van der Waals surface area contributed by atoms with Gasteiger partial charge in [0.2, 0.25) is 5.91 Å². The average molecular weight is 293 g/mol. The van der Waals surface area contributed by atoms with Gasteiger partial charge in [-0.25, -0.2) is 9.36 Å². The quantitative estimate of drug-likeness (QED) is 0.304. The largest absolute Gasteiger partial charge is 0.511 e. The first-order valence-electron chi connectivity index (χ1n) is 4.64. The van der Waals surface area contributed by atoms with Crippen LogP contribution in [0.5, 0.6) is 5.75 Å². The Hall–Kier alpha value is -1.93. The summed E-state index contributed by atoms with van der Waals surface area (Å²) in [4.78, 5) is 42.3. The summed E-state index contributed by atoms with van der Waals surface area (Å²) in [6, 6.07) is 6.03. The van der Waals surface area contributed by atoms with Gasteiger partial charge in [-0.2, -0.15) is 0 Å². The minimum Gasteiger partial charge on any atom is -0.449 e. The number of carbonyl (C=O) groups excluding carboxylic acids is 1. The van der Waals surface area contributed by atoms with E-state index in [1.807, 2.05) is 0 Å². The Kier molecular flexibility index (Phi) is 6.73. The summed E-state index contributed by atoms with van der Waals surface area (Å²) in [6.45, 7) is 1.39. The minimum absolute atomic E-state index is 0.183. The first-order chi connectivity index (χ1) is 8.58. The van der Waals surface area contributed by atoms with E-state index in [1.54, 1.807) is 12.1 Å². The molecule has 0 spiro atoms. The summed E-state index contributed by atoms with van der Waals surface area (Å²) in [5, 5.41) is 10.8. The third-order valence-electron chi connectivity index (χ3n) is 1.38. The van der Waals surface area contributed by atoms with Crippen molar-refractivity contribution in [3.63, 3.8) is 0 Å². The molecule has 0 aliphatic heterocycles. The van der Waals surface area contributed by atoms with Crippen LogP contribution in [-0.4, -0.2) is 31.8 Å². The SMILES string of the molecule is CC(=O)Nc1ccc(OC(=O)O)cc1.O=P(O)(O)O. The van der Waals surface area contributed by atoms with Crippen LogP contribution in [0.4, 0.5) is 10.5 Å². The van der Waals surface area contributed by atoms with Gasteiger partial charge in [0.25, 0.3) is 0 Å². The first kappa shape index (κ1) is 17.1. The van der Waals surface area contributed by atoms with Crippen molar-refractivity contribution >= 4 is 25.6 Å². The molecule has 9 nitrogen and oxygen atoms in total. The van der Waals surface area contributed by atoms with E-state index in [1.165, 1.54) is 19.1 Å². The van der Waals surface area contributed by atoms with Crippen LogP contribution in [0.25, 0.3) is 0 Å². The van der Waals surface area contributed by atoms with Crippen molar-refractivity contribution < 1.29 is 38.7 Å². The summed E-state index contributed by atoms with van der Waals surface area (Å²) in [5.41, 5.74) is 0.593. The van der Waals surface area contributed by atoms with Crippen LogP contribution in [0.2, 0.25) is 0 Å². The molecule has 19 heavy (non-hydrogen) atoms. The lowest BCUT2D eigenvalue weighted by Gasteiger charge is -2.02. The molecule has 0 bridgehead atoms. The van der Waals surface area contributed by atoms with Crippen molar-refractivity contribution in [2.24, 2.45) is 0 Å². The van der Waals surface area contributed by atoms with Crippen LogP contribution in [0.1, 0.15) is 6.92 Å². The second-order valence-corrected chi connectivity index (χ2v) is 4.11. The molecule has 0 saturated heterocycles. The molecule has 106 valence electrons. The fraction of sp³-hybridized carbons (Fsp3) is 0.111. The third-order valence-corrected chi connectivity index (χ3v) is 1.38. The third kappa shape index (κ3) is 12.3. The predicted octanol–water partition coefficient (Wildman–Crippen LogP) is 0.773. The van der Waals surface area contributed by atoms with Crippen molar-refractivity contribution in [3.8, 4) is 5.75 Å². The van der Waals surface area contributed by atoms with Crippen LogP contribution < -0.4 is 10.1 Å². The highest BCUT2D eigenvalue weighted by molar-refractivity contribution is 7.45. The van der Waals surface area contributed by atoms with Gasteiger partial charge in [-0.15, -0.1) is 0 Å². The molecule has 0 atom stereocenters. The van der Waals surface area contributed by atoms with Crippen molar-refractivity contribution in [3.05, 3.63) is 24.3 Å². The van der Waals surface area contributed by atoms with Gasteiger partial charge in [-0.1, -0.05) is 0 Å². The Morgan fingerprint density at radius 1 is 1.16 bits per heavy atom. The number of amides is 1. The van der Waals surface area contributed by atoms with Crippen molar-refractivity contribution in [2.75, 3.05) is 5.32 Å². The maximum absolute atomic E-state index is 10.6. The maximum atomic E-state index is 10.6. The number of benzene rings is 1. The van der Waals surface area contributed by atoms with E-state index in [-0.39, 0.29) is 11.7 Å². The Morgan fingerprint density at radius 3 is 1.89 bits per heavy atom. The van der Waals surface area contributed by atoms with Crippen molar-refractivity contribution in [1.29, 1.82) is 0 Å². The molecule has 5 N–H and O–H groups in total. The Balaban J connectivity index is 0.000000555. The maximum Gasteiger partial charge on any atom is 0.511 e. The van der Waals surface area contributed by atoms with Crippen molar-refractivity contribution in [1.82, 2.24) is 0 Å². The number of phosphoric acid groups is 1. The second-order valence-electron chi connectivity index (χ2n) is 3.09. The molecule has 0 fully saturated rings. The normalized spacial score (nSPS) is 9.89. The number of carboxylic acid groups (broad SMARTS) is 1. The summed E-state index contributed by atoms with van der Waals surface area (Å²) in [5.74, 6) is 0.0310.